The van der Waals surface area contributed by atoms with Gasteiger partial charge in [-0.15, -0.1) is 0 Å². The van der Waals surface area contributed by atoms with E-state index in [9.17, 15) is 4.79 Å². The largest absolute Gasteiger partial charge is 0.493 e. The average molecular weight is 379 g/mol. The molecule has 2 atom stereocenters. The van der Waals surface area contributed by atoms with Crippen molar-refractivity contribution in [1.82, 2.24) is 0 Å². The molecule has 146 valence electrons. The summed E-state index contributed by atoms with van der Waals surface area (Å²) in [5, 5.41) is 5.30. The fourth-order valence-corrected chi connectivity index (χ4v) is 3.21. The van der Waals surface area contributed by atoms with Crippen LogP contribution in [0.25, 0.3) is 10.8 Å². The number of hydrogen-bond donors (Lipinski definition) is 2. The molecule has 0 fully saturated rings. The second kappa shape index (κ2) is 8.76. The molecular weight excluding hydrogens is 352 g/mol. The van der Waals surface area contributed by atoms with Crippen molar-refractivity contribution >= 4 is 22.4 Å². The van der Waals surface area contributed by atoms with Gasteiger partial charge in [0.2, 0.25) is 0 Å². The Bertz CT molecular complexity index is 971. The van der Waals surface area contributed by atoms with E-state index in [4.69, 9.17) is 9.47 Å². The van der Waals surface area contributed by atoms with Crippen LogP contribution in [0.1, 0.15) is 12.5 Å². The highest BCUT2D eigenvalue weighted by Gasteiger charge is 2.22. The van der Waals surface area contributed by atoms with Gasteiger partial charge in [0.05, 0.1) is 21.3 Å². The standard InChI is InChI=1S/C23H26N2O3/c1-16(25(2)15-17-9-12-21(27-3)22(13-17)28-4)23(26)24-20-11-10-18-7-5-6-8-19(18)14-20/h5-14,16H,15H2,1-4H3,(H,24,26)/p+1/t16-/m0/s1. The maximum atomic E-state index is 12.7. The van der Waals surface area contributed by atoms with E-state index in [1.54, 1.807) is 14.2 Å². The van der Waals surface area contributed by atoms with E-state index in [0.29, 0.717) is 18.0 Å². The third kappa shape index (κ3) is 4.43. The highest BCUT2D eigenvalue weighted by atomic mass is 16.5. The minimum absolute atomic E-state index is 0.00624. The average Bonchev–Trinajstić information content (AvgIpc) is 2.72. The Balaban J connectivity index is 1.66. The van der Waals surface area contributed by atoms with Gasteiger partial charge in [-0.2, -0.15) is 0 Å². The van der Waals surface area contributed by atoms with Crippen molar-refractivity contribution in [2.75, 3.05) is 26.6 Å². The summed E-state index contributed by atoms with van der Waals surface area (Å²) in [7, 11) is 5.26. The zero-order valence-electron chi connectivity index (χ0n) is 16.8. The van der Waals surface area contributed by atoms with Crippen LogP contribution in [0.5, 0.6) is 11.5 Å². The van der Waals surface area contributed by atoms with E-state index < -0.39 is 0 Å². The van der Waals surface area contributed by atoms with E-state index in [-0.39, 0.29) is 11.9 Å². The van der Waals surface area contributed by atoms with Gasteiger partial charge in [-0.05, 0) is 48.0 Å². The topological polar surface area (TPSA) is 52.0 Å². The first-order chi connectivity index (χ1) is 13.5. The number of quaternary nitrogens is 1. The number of amides is 1. The van der Waals surface area contributed by atoms with E-state index in [1.165, 1.54) is 0 Å². The summed E-state index contributed by atoms with van der Waals surface area (Å²) in [5.74, 6) is 1.39. The Morgan fingerprint density at radius 1 is 0.964 bits per heavy atom. The molecule has 3 aromatic carbocycles. The second-order valence-electron chi connectivity index (χ2n) is 6.99. The summed E-state index contributed by atoms with van der Waals surface area (Å²) in [4.78, 5) is 13.8. The van der Waals surface area contributed by atoms with Gasteiger partial charge in [-0.3, -0.25) is 4.79 Å². The molecule has 0 saturated carbocycles. The fraction of sp³-hybridized carbons (Fsp3) is 0.261. The third-order valence-electron chi connectivity index (χ3n) is 5.08. The van der Waals surface area contributed by atoms with Crippen LogP contribution in [0.15, 0.2) is 60.7 Å². The molecule has 1 amide bonds. The molecule has 5 nitrogen and oxygen atoms in total. The van der Waals surface area contributed by atoms with Gasteiger partial charge >= 0.3 is 0 Å². The monoisotopic (exact) mass is 379 g/mol. The number of likely N-dealkylation sites (N-methyl/N-ethyl adjacent to an activating group) is 1. The number of hydrogen-bond acceptors (Lipinski definition) is 3. The summed E-state index contributed by atoms with van der Waals surface area (Å²) in [5.41, 5.74) is 1.90. The molecule has 0 aliphatic carbocycles. The quantitative estimate of drug-likeness (QED) is 0.664. The number of ether oxygens (including phenoxy) is 2. The highest BCUT2D eigenvalue weighted by Crippen LogP contribution is 2.27. The van der Waals surface area contributed by atoms with E-state index >= 15 is 0 Å². The molecule has 0 heterocycles. The van der Waals surface area contributed by atoms with Crippen LogP contribution in [0.3, 0.4) is 0 Å². The molecule has 5 heteroatoms. The molecule has 0 aromatic heterocycles. The molecule has 3 aromatic rings. The predicted octanol–water partition coefficient (Wildman–Crippen LogP) is 2.90. The van der Waals surface area contributed by atoms with Crippen molar-refractivity contribution in [2.45, 2.75) is 19.5 Å². The lowest BCUT2D eigenvalue weighted by molar-refractivity contribution is -0.907. The molecule has 0 saturated heterocycles. The number of rotatable bonds is 7. The predicted molar refractivity (Wildman–Crippen MR) is 112 cm³/mol. The van der Waals surface area contributed by atoms with Crippen LogP contribution in [-0.2, 0) is 11.3 Å². The number of anilines is 1. The van der Waals surface area contributed by atoms with Crippen molar-refractivity contribution in [3.05, 3.63) is 66.2 Å². The fourth-order valence-electron chi connectivity index (χ4n) is 3.21. The van der Waals surface area contributed by atoms with Crippen molar-refractivity contribution in [3.63, 3.8) is 0 Å². The smallest absolute Gasteiger partial charge is 0.282 e. The van der Waals surface area contributed by atoms with Gasteiger partial charge in [0, 0.05) is 11.3 Å². The molecule has 28 heavy (non-hydrogen) atoms. The zero-order valence-corrected chi connectivity index (χ0v) is 16.8. The first-order valence-corrected chi connectivity index (χ1v) is 9.34. The van der Waals surface area contributed by atoms with Crippen molar-refractivity contribution < 1.29 is 19.2 Å². The van der Waals surface area contributed by atoms with E-state index in [0.717, 1.165) is 26.9 Å². The Morgan fingerprint density at radius 3 is 2.39 bits per heavy atom. The second-order valence-corrected chi connectivity index (χ2v) is 6.99. The molecule has 3 rings (SSSR count). The molecule has 0 bridgehead atoms. The minimum Gasteiger partial charge on any atom is -0.493 e. The molecule has 0 aliphatic heterocycles. The molecule has 2 N–H and O–H groups in total. The number of nitrogens with one attached hydrogen (secondary N) is 2. The number of carbonyl (C=O) groups excluding carboxylic acids is 1. The molecular formula is C23H27N2O3+. The molecule has 0 radical (unpaired) electrons. The van der Waals surface area contributed by atoms with Gasteiger partial charge in [-0.1, -0.05) is 30.3 Å². The van der Waals surface area contributed by atoms with E-state index in [1.807, 2.05) is 68.6 Å². The third-order valence-corrected chi connectivity index (χ3v) is 5.08. The highest BCUT2D eigenvalue weighted by molar-refractivity contribution is 5.96. The Labute approximate surface area is 165 Å². The Hall–Kier alpha value is -3.05. The van der Waals surface area contributed by atoms with Gasteiger partial charge < -0.3 is 19.7 Å². The maximum absolute atomic E-state index is 12.7. The SMILES string of the molecule is COc1ccc(C[NH+](C)[C@@H](C)C(=O)Nc2ccc3ccccc3c2)cc1OC. The van der Waals surface area contributed by atoms with Crippen LogP contribution in [0, 0.1) is 0 Å². The lowest BCUT2D eigenvalue weighted by Gasteiger charge is -2.21. The lowest BCUT2D eigenvalue weighted by Crippen LogP contribution is -3.12. The van der Waals surface area contributed by atoms with Crippen LogP contribution in [0.2, 0.25) is 0 Å². The zero-order chi connectivity index (χ0) is 20.1. The Kier molecular flexibility index (Phi) is 6.16. The minimum atomic E-state index is -0.209. The van der Waals surface area contributed by atoms with Crippen molar-refractivity contribution in [1.29, 1.82) is 0 Å². The number of methoxy groups -OCH3 is 2. The normalized spacial score (nSPS) is 13.0. The number of carbonyl (C=O) groups is 1. The first-order valence-electron chi connectivity index (χ1n) is 9.34. The number of fused-ring (bicyclic) bond motifs is 1. The Morgan fingerprint density at radius 2 is 1.68 bits per heavy atom. The molecule has 0 aliphatic rings. The van der Waals surface area contributed by atoms with Crippen LogP contribution in [-0.4, -0.2) is 33.2 Å². The van der Waals surface area contributed by atoms with E-state index in [2.05, 4.69) is 11.4 Å². The summed E-state index contributed by atoms with van der Waals surface area (Å²) >= 11 is 0. The lowest BCUT2D eigenvalue weighted by atomic mass is 10.1. The van der Waals surface area contributed by atoms with Crippen molar-refractivity contribution in [3.8, 4) is 11.5 Å². The van der Waals surface area contributed by atoms with Gasteiger partial charge in [0.1, 0.15) is 6.54 Å². The van der Waals surface area contributed by atoms with Crippen LogP contribution >= 0.6 is 0 Å². The van der Waals surface area contributed by atoms with Crippen LogP contribution in [0.4, 0.5) is 5.69 Å². The number of benzene rings is 3. The summed E-state index contributed by atoms with van der Waals surface area (Å²) in [6, 6.07) is 19.7. The molecule has 1 unspecified atom stereocenters. The van der Waals surface area contributed by atoms with Gasteiger partial charge in [0.25, 0.3) is 5.91 Å². The van der Waals surface area contributed by atoms with Crippen molar-refractivity contribution in [2.24, 2.45) is 0 Å². The molecule has 0 spiro atoms. The van der Waals surface area contributed by atoms with Crippen LogP contribution < -0.4 is 19.7 Å². The summed E-state index contributed by atoms with van der Waals surface area (Å²) < 4.78 is 10.6. The first kappa shape index (κ1) is 19.7. The summed E-state index contributed by atoms with van der Waals surface area (Å²) in [6.07, 6.45) is 0. The van der Waals surface area contributed by atoms with Gasteiger partial charge in [-0.25, -0.2) is 0 Å². The summed E-state index contributed by atoms with van der Waals surface area (Å²) in [6.45, 7) is 2.64. The van der Waals surface area contributed by atoms with Gasteiger partial charge in [0.15, 0.2) is 17.5 Å². The maximum Gasteiger partial charge on any atom is 0.282 e.